The lowest BCUT2D eigenvalue weighted by Crippen LogP contribution is -2.39. The summed E-state index contributed by atoms with van der Waals surface area (Å²) in [7, 11) is 2.61. The van der Waals surface area contributed by atoms with Crippen molar-refractivity contribution in [1.29, 1.82) is 0 Å². The maximum absolute atomic E-state index is 12.4. The van der Waals surface area contributed by atoms with Crippen molar-refractivity contribution in [3.63, 3.8) is 0 Å². The third-order valence-electron chi connectivity index (χ3n) is 6.04. The molecule has 3 rings (SSSR count). The number of rotatable bonds is 2. The van der Waals surface area contributed by atoms with E-state index in [1.54, 1.807) is 0 Å². The van der Waals surface area contributed by atoms with Gasteiger partial charge in [-0.25, -0.2) is 0 Å². The second kappa shape index (κ2) is 6.36. The number of carbonyl (C=O) groups is 2. The average molecular weight is 334 g/mol. The molecule has 5 heteroatoms. The van der Waals surface area contributed by atoms with E-state index in [0.29, 0.717) is 18.8 Å². The summed E-state index contributed by atoms with van der Waals surface area (Å²) in [4.78, 5) is 24.8. The second-order valence-electron chi connectivity index (χ2n) is 7.37. The first-order chi connectivity index (χ1) is 11.4. The molecule has 2 fully saturated rings. The van der Waals surface area contributed by atoms with Crippen LogP contribution in [0.4, 0.5) is 0 Å². The van der Waals surface area contributed by atoms with Crippen LogP contribution in [0.5, 0.6) is 0 Å². The Morgan fingerprint density at radius 3 is 2.50 bits per heavy atom. The Bertz CT molecular complexity index is 599. The molecule has 0 unspecified atom stereocenters. The first-order valence-corrected chi connectivity index (χ1v) is 8.68. The van der Waals surface area contributed by atoms with Crippen LogP contribution in [0, 0.1) is 17.3 Å². The van der Waals surface area contributed by atoms with Crippen molar-refractivity contribution in [3.8, 4) is 0 Å². The van der Waals surface area contributed by atoms with Gasteiger partial charge >= 0.3 is 11.9 Å². The summed E-state index contributed by atoms with van der Waals surface area (Å²) in [6.07, 6.45) is 6.27. The first kappa shape index (κ1) is 17.2. The Hall–Kier alpha value is -1.62. The summed E-state index contributed by atoms with van der Waals surface area (Å²) < 4.78 is 9.86. The number of allylic oxidation sites excluding steroid dienone is 3. The van der Waals surface area contributed by atoms with Gasteiger partial charge in [0.15, 0.2) is 5.41 Å². The van der Waals surface area contributed by atoms with Gasteiger partial charge in [0.2, 0.25) is 0 Å². The van der Waals surface area contributed by atoms with Crippen molar-refractivity contribution in [2.24, 2.45) is 17.3 Å². The number of aliphatic hydroxyl groups is 1. The SMILES string of the molecule is COC(=O)C1(C(=O)OC)CC2=C(C)C[C@H]3CCC[C@H](O)C3=C[C@H]2C1. The van der Waals surface area contributed by atoms with Crippen LogP contribution in [-0.4, -0.2) is 37.4 Å². The van der Waals surface area contributed by atoms with Gasteiger partial charge in [0.05, 0.1) is 20.3 Å². The van der Waals surface area contributed by atoms with Crippen LogP contribution in [0.25, 0.3) is 0 Å². The van der Waals surface area contributed by atoms with Crippen molar-refractivity contribution in [2.75, 3.05) is 14.2 Å². The Kier molecular flexibility index (Phi) is 4.56. The summed E-state index contributed by atoms with van der Waals surface area (Å²) in [5, 5.41) is 10.4. The summed E-state index contributed by atoms with van der Waals surface area (Å²) in [5.41, 5.74) is 2.21. The van der Waals surface area contributed by atoms with Crippen molar-refractivity contribution >= 4 is 11.9 Å². The summed E-state index contributed by atoms with van der Waals surface area (Å²) in [5.74, 6) is -0.669. The highest BCUT2D eigenvalue weighted by atomic mass is 16.5. The molecule has 3 aliphatic rings. The van der Waals surface area contributed by atoms with Crippen LogP contribution < -0.4 is 0 Å². The number of hydrogen-bond acceptors (Lipinski definition) is 5. The fraction of sp³-hybridized carbons (Fsp3) is 0.684. The summed E-state index contributed by atoms with van der Waals surface area (Å²) in [6, 6.07) is 0. The van der Waals surface area contributed by atoms with Crippen molar-refractivity contribution in [1.82, 2.24) is 0 Å². The summed E-state index contributed by atoms with van der Waals surface area (Å²) in [6.45, 7) is 2.09. The second-order valence-corrected chi connectivity index (χ2v) is 7.37. The minimum absolute atomic E-state index is 0.00375. The number of carbonyl (C=O) groups excluding carboxylic acids is 2. The average Bonchev–Trinajstić information content (AvgIpc) is 2.91. The van der Waals surface area contributed by atoms with Gasteiger partial charge in [-0.1, -0.05) is 17.2 Å². The number of esters is 2. The van der Waals surface area contributed by atoms with Gasteiger partial charge in [0.1, 0.15) is 0 Å². The molecule has 3 atom stereocenters. The van der Waals surface area contributed by atoms with Gasteiger partial charge in [-0.05, 0) is 56.9 Å². The van der Waals surface area contributed by atoms with Gasteiger partial charge in [0.25, 0.3) is 0 Å². The topological polar surface area (TPSA) is 72.8 Å². The predicted molar refractivity (Wildman–Crippen MR) is 87.9 cm³/mol. The zero-order valence-electron chi connectivity index (χ0n) is 14.6. The molecule has 0 saturated heterocycles. The van der Waals surface area contributed by atoms with E-state index in [1.165, 1.54) is 19.8 Å². The Morgan fingerprint density at radius 1 is 1.21 bits per heavy atom. The molecule has 0 aromatic rings. The number of fused-ring (bicyclic) bond motifs is 2. The standard InChI is InChI=1S/C19H26O5/c1-11-7-12-5-4-6-16(20)14(12)8-13-9-19(10-15(11)13,17(21)23-2)18(22)24-3/h8,12-13,16,20H,4-7,9-10H2,1-3H3/t12-,13+,16+/m1/s1. The van der Waals surface area contributed by atoms with E-state index in [4.69, 9.17) is 9.47 Å². The van der Waals surface area contributed by atoms with E-state index >= 15 is 0 Å². The smallest absolute Gasteiger partial charge is 0.323 e. The molecule has 1 N–H and O–H groups in total. The molecule has 0 aromatic heterocycles. The minimum atomic E-state index is -1.26. The molecular formula is C19H26O5. The Balaban J connectivity index is 2.01. The molecule has 0 radical (unpaired) electrons. The van der Waals surface area contributed by atoms with Crippen LogP contribution in [0.15, 0.2) is 22.8 Å². The lowest BCUT2D eigenvalue weighted by atomic mass is 9.78. The highest BCUT2D eigenvalue weighted by Crippen LogP contribution is 2.52. The predicted octanol–water partition coefficient (Wildman–Crippen LogP) is 2.54. The quantitative estimate of drug-likeness (QED) is 0.477. The molecule has 24 heavy (non-hydrogen) atoms. The minimum Gasteiger partial charge on any atom is -0.468 e. The third-order valence-corrected chi connectivity index (χ3v) is 6.04. The fourth-order valence-electron chi connectivity index (χ4n) is 4.80. The number of methoxy groups -OCH3 is 2. The van der Waals surface area contributed by atoms with Crippen LogP contribution in [0.2, 0.25) is 0 Å². The van der Waals surface area contributed by atoms with E-state index in [9.17, 15) is 14.7 Å². The van der Waals surface area contributed by atoms with Gasteiger partial charge in [-0.15, -0.1) is 0 Å². The number of hydrogen-bond donors (Lipinski definition) is 1. The lowest BCUT2D eigenvalue weighted by Gasteiger charge is -2.30. The van der Waals surface area contributed by atoms with Gasteiger partial charge in [-0.3, -0.25) is 9.59 Å². The molecule has 0 bridgehead atoms. The normalized spacial score (nSPS) is 31.5. The van der Waals surface area contributed by atoms with Gasteiger partial charge in [0, 0.05) is 5.92 Å². The number of ether oxygens (including phenoxy) is 2. The Morgan fingerprint density at radius 2 is 1.88 bits per heavy atom. The highest BCUT2D eigenvalue weighted by molar-refractivity contribution is 6.01. The molecular weight excluding hydrogens is 308 g/mol. The van der Waals surface area contributed by atoms with E-state index in [2.05, 4.69) is 13.0 Å². The van der Waals surface area contributed by atoms with Gasteiger partial charge < -0.3 is 14.6 Å². The maximum atomic E-state index is 12.4. The molecule has 0 spiro atoms. The van der Waals surface area contributed by atoms with Crippen LogP contribution in [-0.2, 0) is 19.1 Å². The molecule has 0 aliphatic heterocycles. The molecule has 0 aromatic carbocycles. The van der Waals surface area contributed by atoms with Crippen LogP contribution >= 0.6 is 0 Å². The van der Waals surface area contributed by atoms with Crippen molar-refractivity contribution < 1.29 is 24.2 Å². The largest absolute Gasteiger partial charge is 0.468 e. The molecule has 132 valence electrons. The zero-order chi connectivity index (χ0) is 17.5. The van der Waals surface area contributed by atoms with Crippen molar-refractivity contribution in [3.05, 3.63) is 22.8 Å². The van der Waals surface area contributed by atoms with Gasteiger partial charge in [-0.2, -0.15) is 0 Å². The molecule has 5 nitrogen and oxygen atoms in total. The van der Waals surface area contributed by atoms with Crippen LogP contribution in [0.3, 0.4) is 0 Å². The first-order valence-electron chi connectivity index (χ1n) is 8.68. The molecule has 0 amide bonds. The molecule has 0 heterocycles. The van der Waals surface area contributed by atoms with E-state index in [1.807, 2.05) is 0 Å². The highest BCUT2D eigenvalue weighted by Gasteiger charge is 2.56. The van der Waals surface area contributed by atoms with E-state index < -0.39 is 23.5 Å². The lowest BCUT2D eigenvalue weighted by molar-refractivity contribution is -0.168. The zero-order valence-corrected chi connectivity index (χ0v) is 14.6. The van der Waals surface area contributed by atoms with Crippen LogP contribution in [0.1, 0.15) is 45.4 Å². The molecule has 2 saturated carbocycles. The maximum Gasteiger partial charge on any atom is 0.323 e. The Labute approximate surface area is 142 Å². The monoisotopic (exact) mass is 334 g/mol. The third kappa shape index (κ3) is 2.59. The van der Waals surface area contributed by atoms with E-state index in [-0.39, 0.29) is 5.92 Å². The fourth-order valence-corrected chi connectivity index (χ4v) is 4.80. The molecule has 3 aliphatic carbocycles. The summed E-state index contributed by atoms with van der Waals surface area (Å²) >= 11 is 0. The van der Waals surface area contributed by atoms with E-state index in [0.717, 1.165) is 36.8 Å². The van der Waals surface area contributed by atoms with Crippen molar-refractivity contribution in [2.45, 2.75) is 51.6 Å². The number of aliphatic hydroxyl groups excluding tert-OH is 1.